The van der Waals surface area contributed by atoms with E-state index in [0.717, 1.165) is 31.3 Å². The van der Waals surface area contributed by atoms with E-state index in [9.17, 15) is 0 Å². The molecule has 3 heterocycles. The zero-order valence-corrected chi connectivity index (χ0v) is 16.0. The topological polar surface area (TPSA) is 76.5 Å². The standard InChI is InChI=1S/C19H28BN3O3/c1-18(2)19(3,4)26-20(25-18)15-8-9-22-16(11-15)14(12-21)13-23-17-7-5-6-10-24-17/h8-9,11-13,17,21,23H,5-7,10H2,1-4H3/b14-13+,21-12?. The highest BCUT2D eigenvalue weighted by Gasteiger charge is 2.51. The molecule has 2 aliphatic heterocycles. The minimum Gasteiger partial charge on any atom is -0.399 e. The molecule has 6 nitrogen and oxygen atoms in total. The first kappa shape index (κ1) is 19.1. The number of hydrogen-bond acceptors (Lipinski definition) is 6. The summed E-state index contributed by atoms with van der Waals surface area (Å²) in [7, 11) is -0.441. The van der Waals surface area contributed by atoms with Crippen LogP contribution in [0.2, 0.25) is 0 Å². The van der Waals surface area contributed by atoms with Crippen molar-refractivity contribution in [2.45, 2.75) is 64.4 Å². The van der Waals surface area contributed by atoms with E-state index in [1.165, 1.54) is 6.21 Å². The Morgan fingerprint density at radius 1 is 1.27 bits per heavy atom. The Morgan fingerprint density at radius 2 is 2.00 bits per heavy atom. The molecule has 26 heavy (non-hydrogen) atoms. The number of aromatic nitrogens is 1. The largest absolute Gasteiger partial charge is 0.494 e. The SMILES string of the molecule is CC1(C)OB(c2ccnc(/C(C=N)=C/NC3CCCCO3)c2)OC1(C)C. The van der Waals surface area contributed by atoms with Gasteiger partial charge < -0.3 is 24.8 Å². The van der Waals surface area contributed by atoms with Crippen LogP contribution in [0.1, 0.15) is 52.7 Å². The van der Waals surface area contributed by atoms with E-state index in [1.807, 2.05) is 39.8 Å². The molecule has 0 radical (unpaired) electrons. The normalized spacial score (nSPS) is 25.2. The lowest BCUT2D eigenvalue weighted by Gasteiger charge is -2.32. The van der Waals surface area contributed by atoms with Gasteiger partial charge in [0.25, 0.3) is 0 Å². The molecule has 2 fully saturated rings. The van der Waals surface area contributed by atoms with Gasteiger partial charge in [-0.1, -0.05) is 0 Å². The summed E-state index contributed by atoms with van der Waals surface area (Å²) in [5.74, 6) is 0. The van der Waals surface area contributed by atoms with E-state index < -0.39 is 7.12 Å². The Labute approximate surface area is 156 Å². The fourth-order valence-corrected chi connectivity index (χ4v) is 2.97. The number of pyridine rings is 1. The fraction of sp³-hybridized carbons (Fsp3) is 0.579. The van der Waals surface area contributed by atoms with Gasteiger partial charge in [-0.05, 0) is 64.6 Å². The lowest BCUT2D eigenvalue weighted by atomic mass is 9.79. The second-order valence-electron chi connectivity index (χ2n) is 7.83. The molecule has 140 valence electrons. The average Bonchev–Trinajstić information content (AvgIpc) is 2.84. The molecule has 2 N–H and O–H groups in total. The number of nitrogens with zero attached hydrogens (tertiary/aromatic N) is 1. The number of rotatable bonds is 5. The van der Waals surface area contributed by atoms with Crippen LogP contribution in [0, 0.1) is 5.41 Å². The number of allylic oxidation sites excluding steroid dienone is 1. The molecular formula is C19H28BN3O3. The van der Waals surface area contributed by atoms with E-state index in [1.54, 1.807) is 12.4 Å². The molecule has 7 heteroatoms. The summed E-state index contributed by atoms with van der Waals surface area (Å²) in [5.41, 5.74) is 1.52. The Morgan fingerprint density at radius 3 is 2.62 bits per heavy atom. The molecule has 3 rings (SSSR count). The van der Waals surface area contributed by atoms with Gasteiger partial charge in [-0.2, -0.15) is 0 Å². The van der Waals surface area contributed by atoms with Gasteiger partial charge in [-0.15, -0.1) is 0 Å². The maximum Gasteiger partial charge on any atom is 0.494 e. The molecule has 0 spiro atoms. The summed E-state index contributed by atoms with van der Waals surface area (Å²) in [6.07, 6.45) is 8.07. The van der Waals surface area contributed by atoms with Crippen molar-refractivity contribution in [3.8, 4) is 0 Å². The van der Waals surface area contributed by atoms with Crippen molar-refractivity contribution in [1.29, 1.82) is 5.41 Å². The van der Waals surface area contributed by atoms with Crippen LogP contribution in [0.4, 0.5) is 0 Å². The fourth-order valence-electron chi connectivity index (χ4n) is 2.97. The van der Waals surface area contributed by atoms with E-state index in [2.05, 4.69) is 10.3 Å². The highest BCUT2D eigenvalue weighted by Crippen LogP contribution is 2.36. The predicted octanol–water partition coefficient (Wildman–Crippen LogP) is 2.49. The van der Waals surface area contributed by atoms with Gasteiger partial charge in [0.1, 0.15) is 6.23 Å². The molecule has 0 aliphatic carbocycles. The molecule has 0 amide bonds. The van der Waals surface area contributed by atoms with Gasteiger partial charge in [-0.3, -0.25) is 4.98 Å². The molecule has 0 bridgehead atoms. The molecule has 1 atom stereocenters. The molecule has 1 aromatic heterocycles. The first-order chi connectivity index (χ1) is 12.3. The third kappa shape index (κ3) is 4.00. The monoisotopic (exact) mass is 357 g/mol. The maximum absolute atomic E-state index is 7.74. The zero-order valence-electron chi connectivity index (χ0n) is 16.0. The summed E-state index contributed by atoms with van der Waals surface area (Å²) >= 11 is 0. The maximum atomic E-state index is 7.74. The van der Waals surface area contributed by atoms with Crippen molar-refractivity contribution in [2.24, 2.45) is 0 Å². The summed E-state index contributed by atoms with van der Waals surface area (Å²) < 4.78 is 17.9. The van der Waals surface area contributed by atoms with Crippen molar-refractivity contribution < 1.29 is 14.0 Å². The minimum atomic E-state index is -0.441. The lowest BCUT2D eigenvalue weighted by Crippen LogP contribution is -2.41. The van der Waals surface area contributed by atoms with Crippen LogP contribution in [0.5, 0.6) is 0 Å². The highest BCUT2D eigenvalue weighted by atomic mass is 16.7. The van der Waals surface area contributed by atoms with Gasteiger partial charge in [-0.25, -0.2) is 0 Å². The lowest BCUT2D eigenvalue weighted by molar-refractivity contribution is 0.00348. The smallest absolute Gasteiger partial charge is 0.399 e. The molecule has 1 unspecified atom stereocenters. The second kappa shape index (κ2) is 7.51. The molecule has 0 saturated carbocycles. The van der Waals surface area contributed by atoms with Crippen LogP contribution in [-0.4, -0.2) is 42.4 Å². The minimum absolute atomic E-state index is 0.00461. The third-order valence-electron chi connectivity index (χ3n) is 5.37. The molecule has 0 aromatic carbocycles. The second-order valence-corrected chi connectivity index (χ2v) is 7.83. The van der Waals surface area contributed by atoms with E-state index in [4.69, 9.17) is 19.5 Å². The number of nitrogens with one attached hydrogen (secondary N) is 2. The summed E-state index contributed by atoms with van der Waals surface area (Å²) in [4.78, 5) is 4.41. The van der Waals surface area contributed by atoms with Crippen molar-refractivity contribution in [3.63, 3.8) is 0 Å². The van der Waals surface area contributed by atoms with Crippen molar-refractivity contribution in [3.05, 3.63) is 30.2 Å². The van der Waals surface area contributed by atoms with Crippen LogP contribution in [0.25, 0.3) is 5.57 Å². The van der Waals surface area contributed by atoms with Crippen molar-refractivity contribution in [2.75, 3.05) is 6.61 Å². The van der Waals surface area contributed by atoms with E-state index in [0.29, 0.717) is 11.3 Å². The van der Waals surface area contributed by atoms with E-state index >= 15 is 0 Å². The van der Waals surface area contributed by atoms with Gasteiger partial charge in [0.05, 0.1) is 16.9 Å². The highest BCUT2D eigenvalue weighted by molar-refractivity contribution is 6.62. The molecule has 2 aliphatic rings. The quantitative estimate of drug-likeness (QED) is 0.626. The Balaban J connectivity index is 1.76. The van der Waals surface area contributed by atoms with Gasteiger partial charge in [0, 0.05) is 30.8 Å². The molecule has 1 aromatic rings. The zero-order chi connectivity index (χ0) is 18.8. The van der Waals surface area contributed by atoms with Crippen LogP contribution < -0.4 is 10.8 Å². The van der Waals surface area contributed by atoms with Crippen molar-refractivity contribution >= 4 is 24.4 Å². The van der Waals surface area contributed by atoms with E-state index in [-0.39, 0.29) is 17.4 Å². The summed E-state index contributed by atoms with van der Waals surface area (Å²) in [5, 5.41) is 11.0. The molecular weight excluding hydrogens is 329 g/mol. The van der Waals surface area contributed by atoms with Gasteiger partial charge in [0.2, 0.25) is 0 Å². The van der Waals surface area contributed by atoms with Crippen molar-refractivity contribution in [1.82, 2.24) is 10.3 Å². The Hall–Kier alpha value is -1.70. The third-order valence-corrected chi connectivity index (χ3v) is 5.37. The number of ether oxygens (including phenoxy) is 1. The summed E-state index contributed by atoms with van der Waals surface area (Å²) in [6.45, 7) is 8.91. The van der Waals surface area contributed by atoms with Gasteiger partial charge >= 0.3 is 7.12 Å². The first-order valence-corrected chi connectivity index (χ1v) is 9.23. The first-order valence-electron chi connectivity index (χ1n) is 9.23. The van der Waals surface area contributed by atoms with Crippen LogP contribution in [-0.2, 0) is 14.0 Å². The molecule has 2 saturated heterocycles. The average molecular weight is 357 g/mol. The Bertz CT molecular complexity index is 668. The van der Waals surface area contributed by atoms with Crippen LogP contribution in [0.3, 0.4) is 0 Å². The number of hydrogen-bond donors (Lipinski definition) is 2. The van der Waals surface area contributed by atoms with Crippen LogP contribution >= 0.6 is 0 Å². The predicted molar refractivity (Wildman–Crippen MR) is 103 cm³/mol. The van der Waals surface area contributed by atoms with Crippen LogP contribution in [0.15, 0.2) is 24.5 Å². The Kier molecular flexibility index (Phi) is 5.51. The van der Waals surface area contributed by atoms with Gasteiger partial charge in [0.15, 0.2) is 0 Å². The summed E-state index contributed by atoms with van der Waals surface area (Å²) in [6, 6.07) is 3.81.